The molecule has 0 bridgehead atoms. The monoisotopic (exact) mass is 378 g/mol. The highest BCUT2D eigenvalue weighted by molar-refractivity contribution is 5.94. The molecule has 0 aliphatic heterocycles. The maximum absolute atomic E-state index is 13.3. The molecule has 28 heavy (non-hydrogen) atoms. The van der Waals surface area contributed by atoms with E-state index in [1.807, 2.05) is 23.2 Å². The molecule has 0 spiro atoms. The Bertz CT molecular complexity index is 1030. The minimum atomic E-state index is -0.356. The Morgan fingerprint density at radius 1 is 1.21 bits per heavy atom. The van der Waals surface area contributed by atoms with E-state index in [1.165, 1.54) is 23.6 Å². The first-order valence-corrected chi connectivity index (χ1v) is 10.1. The van der Waals surface area contributed by atoms with Crippen molar-refractivity contribution in [2.75, 3.05) is 6.54 Å². The smallest absolute Gasteiger partial charge is 0.263 e. The highest BCUT2D eigenvalue weighted by Crippen LogP contribution is 2.25. The predicted molar refractivity (Wildman–Crippen MR) is 110 cm³/mol. The van der Waals surface area contributed by atoms with Crippen molar-refractivity contribution in [3.63, 3.8) is 0 Å². The van der Waals surface area contributed by atoms with E-state index in [2.05, 4.69) is 27.1 Å². The molecule has 1 aromatic carbocycles. The number of hydrogen-bond donors (Lipinski definition) is 2. The van der Waals surface area contributed by atoms with Gasteiger partial charge < -0.3 is 14.9 Å². The number of aryl methyl sites for hydroxylation is 1. The summed E-state index contributed by atoms with van der Waals surface area (Å²) in [6.45, 7) is 2.31. The lowest BCUT2D eigenvalue weighted by molar-refractivity contribution is 0.0634. The van der Waals surface area contributed by atoms with Crippen molar-refractivity contribution < 1.29 is 4.79 Å². The van der Waals surface area contributed by atoms with Gasteiger partial charge in [0.1, 0.15) is 11.4 Å². The third-order valence-electron chi connectivity index (χ3n) is 5.73. The number of rotatable bonds is 5. The van der Waals surface area contributed by atoms with Crippen LogP contribution in [-0.2, 0) is 6.42 Å². The van der Waals surface area contributed by atoms with E-state index in [9.17, 15) is 9.59 Å². The third kappa shape index (κ3) is 3.72. The van der Waals surface area contributed by atoms with Crippen LogP contribution >= 0.6 is 0 Å². The summed E-state index contributed by atoms with van der Waals surface area (Å²) in [5.41, 5.74) is 2.08. The highest BCUT2D eigenvalue weighted by atomic mass is 16.2. The zero-order valence-electron chi connectivity index (χ0n) is 16.2. The zero-order valence-corrected chi connectivity index (χ0v) is 16.2. The molecule has 1 aliphatic carbocycles. The summed E-state index contributed by atoms with van der Waals surface area (Å²) in [5, 5.41) is 1.19. The van der Waals surface area contributed by atoms with Crippen LogP contribution in [-0.4, -0.2) is 38.3 Å². The molecule has 1 fully saturated rings. The van der Waals surface area contributed by atoms with Gasteiger partial charge in [-0.25, -0.2) is 4.98 Å². The first-order chi connectivity index (χ1) is 13.6. The summed E-state index contributed by atoms with van der Waals surface area (Å²) in [7, 11) is 0. The van der Waals surface area contributed by atoms with Crippen LogP contribution in [0, 0.1) is 6.92 Å². The summed E-state index contributed by atoms with van der Waals surface area (Å²) in [4.78, 5) is 37.6. The van der Waals surface area contributed by atoms with Gasteiger partial charge in [-0.3, -0.25) is 9.59 Å². The number of nitrogens with one attached hydrogen (secondary N) is 2. The molecule has 3 aromatic rings. The van der Waals surface area contributed by atoms with Crippen LogP contribution in [0.1, 0.15) is 53.8 Å². The maximum atomic E-state index is 13.3. The number of H-pyrrole nitrogens is 2. The van der Waals surface area contributed by atoms with Crippen molar-refractivity contribution >= 4 is 16.8 Å². The zero-order chi connectivity index (χ0) is 19.5. The molecular formula is C22H26N4O2. The lowest BCUT2D eigenvalue weighted by Crippen LogP contribution is -2.44. The Morgan fingerprint density at radius 2 is 2.00 bits per heavy atom. The fourth-order valence-electron chi connectivity index (χ4n) is 4.21. The number of fused-ring (bicyclic) bond motifs is 1. The molecule has 0 saturated heterocycles. The largest absolute Gasteiger partial charge is 0.361 e. The Labute approximate surface area is 164 Å². The van der Waals surface area contributed by atoms with Gasteiger partial charge in [-0.1, -0.05) is 37.5 Å². The van der Waals surface area contributed by atoms with Crippen LogP contribution < -0.4 is 5.56 Å². The molecule has 2 aromatic heterocycles. The normalized spacial score (nSPS) is 15.0. The molecule has 2 heterocycles. The molecule has 4 rings (SSSR count). The SMILES string of the molecule is Cc1ncc(C(=O)N(CCc2c[nH]c3ccccc23)C2CCCCC2)c(=O)[nH]1. The number of para-hydroxylation sites is 1. The molecule has 6 nitrogen and oxygen atoms in total. The minimum Gasteiger partial charge on any atom is -0.361 e. The molecule has 0 unspecified atom stereocenters. The second kappa shape index (κ2) is 8.00. The number of nitrogens with zero attached hydrogens (tertiary/aromatic N) is 2. The molecule has 0 atom stereocenters. The predicted octanol–water partition coefficient (Wildman–Crippen LogP) is 3.58. The van der Waals surface area contributed by atoms with E-state index in [0.717, 1.165) is 37.6 Å². The van der Waals surface area contributed by atoms with Gasteiger partial charge in [0.2, 0.25) is 0 Å². The number of aromatic amines is 2. The van der Waals surface area contributed by atoms with Gasteiger partial charge in [-0.2, -0.15) is 0 Å². The van der Waals surface area contributed by atoms with Crippen molar-refractivity contribution in [2.24, 2.45) is 0 Å². The Balaban J connectivity index is 1.59. The quantitative estimate of drug-likeness (QED) is 0.712. The Kier molecular flexibility index (Phi) is 5.28. The lowest BCUT2D eigenvalue weighted by atomic mass is 9.93. The van der Waals surface area contributed by atoms with Gasteiger partial charge in [0.15, 0.2) is 0 Å². The summed E-state index contributed by atoms with van der Waals surface area (Å²) in [5.74, 6) is 0.310. The number of aromatic nitrogens is 3. The Hall–Kier alpha value is -2.89. The van der Waals surface area contributed by atoms with Crippen LogP contribution in [0.5, 0.6) is 0 Å². The number of benzene rings is 1. The van der Waals surface area contributed by atoms with E-state index in [0.29, 0.717) is 12.4 Å². The van der Waals surface area contributed by atoms with E-state index in [-0.39, 0.29) is 23.1 Å². The van der Waals surface area contributed by atoms with Gasteiger partial charge in [-0.05, 0) is 37.8 Å². The van der Waals surface area contributed by atoms with Crippen LogP contribution in [0.15, 0.2) is 41.5 Å². The van der Waals surface area contributed by atoms with Crippen LogP contribution in [0.3, 0.4) is 0 Å². The van der Waals surface area contributed by atoms with Gasteiger partial charge in [-0.15, -0.1) is 0 Å². The summed E-state index contributed by atoms with van der Waals surface area (Å²) in [6.07, 6.45) is 9.66. The standard InChI is InChI=1S/C22H26N4O2/c1-15-23-14-19(21(27)25-15)22(28)26(17-7-3-2-4-8-17)12-11-16-13-24-20-10-6-5-9-18(16)20/h5-6,9-10,13-14,17,24H,2-4,7-8,11-12H2,1H3,(H,23,25,27). The molecule has 6 heteroatoms. The highest BCUT2D eigenvalue weighted by Gasteiger charge is 2.28. The van der Waals surface area contributed by atoms with E-state index >= 15 is 0 Å². The first-order valence-electron chi connectivity index (χ1n) is 10.1. The summed E-state index contributed by atoms with van der Waals surface area (Å²) < 4.78 is 0. The minimum absolute atomic E-state index is 0.134. The van der Waals surface area contributed by atoms with Crippen LogP contribution in [0.25, 0.3) is 10.9 Å². The molecule has 1 amide bonds. The van der Waals surface area contributed by atoms with Crippen molar-refractivity contribution in [1.29, 1.82) is 0 Å². The Morgan fingerprint density at radius 3 is 2.79 bits per heavy atom. The van der Waals surface area contributed by atoms with Gasteiger partial charge in [0, 0.05) is 35.9 Å². The van der Waals surface area contributed by atoms with Gasteiger partial charge in [0.05, 0.1) is 0 Å². The molecule has 146 valence electrons. The maximum Gasteiger partial charge on any atom is 0.263 e. The summed E-state index contributed by atoms with van der Waals surface area (Å²) >= 11 is 0. The van der Waals surface area contributed by atoms with E-state index in [1.54, 1.807) is 6.92 Å². The first kappa shape index (κ1) is 18.5. The second-order valence-corrected chi connectivity index (χ2v) is 7.61. The van der Waals surface area contributed by atoms with Crippen molar-refractivity contribution in [3.05, 3.63) is 64.0 Å². The average molecular weight is 378 g/mol. The van der Waals surface area contributed by atoms with E-state index in [4.69, 9.17) is 0 Å². The fraction of sp³-hybridized carbons (Fsp3) is 0.409. The lowest BCUT2D eigenvalue weighted by Gasteiger charge is -2.34. The number of carbonyl (C=O) groups excluding carboxylic acids is 1. The van der Waals surface area contributed by atoms with Crippen molar-refractivity contribution in [1.82, 2.24) is 19.9 Å². The fourth-order valence-corrected chi connectivity index (χ4v) is 4.21. The number of hydrogen-bond acceptors (Lipinski definition) is 3. The molecular weight excluding hydrogens is 352 g/mol. The number of carbonyl (C=O) groups is 1. The molecule has 0 radical (unpaired) electrons. The average Bonchev–Trinajstić information content (AvgIpc) is 3.12. The van der Waals surface area contributed by atoms with E-state index < -0.39 is 0 Å². The van der Waals surface area contributed by atoms with Crippen molar-refractivity contribution in [3.8, 4) is 0 Å². The second-order valence-electron chi connectivity index (χ2n) is 7.61. The van der Waals surface area contributed by atoms with Gasteiger partial charge >= 0.3 is 0 Å². The van der Waals surface area contributed by atoms with Crippen molar-refractivity contribution in [2.45, 2.75) is 51.5 Å². The molecule has 2 N–H and O–H groups in total. The molecule has 1 saturated carbocycles. The molecule has 1 aliphatic rings. The van der Waals surface area contributed by atoms with Gasteiger partial charge in [0.25, 0.3) is 11.5 Å². The number of amides is 1. The van der Waals surface area contributed by atoms with Crippen LogP contribution in [0.4, 0.5) is 0 Å². The topological polar surface area (TPSA) is 81.8 Å². The van der Waals surface area contributed by atoms with Crippen LogP contribution in [0.2, 0.25) is 0 Å². The summed E-state index contributed by atoms with van der Waals surface area (Å²) in [6, 6.07) is 8.38. The third-order valence-corrected chi connectivity index (χ3v) is 5.73.